The van der Waals surface area contributed by atoms with Crippen LogP contribution in [0.3, 0.4) is 0 Å². The molecule has 0 aliphatic rings. The number of aryl methyl sites for hydroxylation is 3. The maximum absolute atomic E-state index is 15.0. The summed E-state index contributed by atoms with van der Waals surface area (Å²) in [5.41, 5.74) is 2.29. The Balaban J connectivity index is 1.67. The van der Waals surface area contributed by atoms with Crippen molar-refractivity contribution in [1.29, 1.82) is 0 Å². The molecule has 1 aromatic heterocycles. The van der Waals surface area contributed by atoms with Crippen LogP contribution in [-0.4, -0.2) is 13.2 Å². The van der Waals surface area contributed by atoms with Crippen LogP contribution in [0.2, 0.25) is 0 Å². The average molecular weight is 409 g/mol. The topological polar surface area (TPSA) is 39.4 Å². The first-order chi connectivity index (χ1) is 14.6. The number of hydrogen-bond donors (Lipinski definition) is 0. The molecule has 0 spiro atoms. The molecular weight excluding hydrogens is 379 g/mol. The Kier molecular flexibility index (Phi) is 7.97. The van der Waals surface area contributed by atoms with Crippen molar-refractivity contribution in [2.75, 3.05) is 13.2 Å². The van der Waals surface area contributed by atoms with E-state index in [0.717, 1.165) is 24.8 Å². The van der Waals surface area contributed by atoms with Crippen molar-refractivity contribution in [3.63, 3.8) is 0 Å². The third-order valence-corrected chi connectivity index (χ3v) is 5.25. The van der Waals surface area contributed by atoms with Gasteiger partial charge in [0.2, 0.25) is 0 Å². The molecule has 2 aromatic carbocycles. The molecule has 3 nitrogen and oxygen atoms in total. The monoisotopic (exact) mass is 408 g/mol. The summed E-state index contributed by atoms with van der Waals surface area (Å²) in [6.45, 7) is 6.94. The first kappa shape index (κ1) is 22.0. The number of hydrogen-bond acceptors (Lipinski definition) is 3. The normalized spacial score (nSPS) is 11.1. The zero-order valence-electron chi connectivity index (χ0n) is 17.6. The molecule has 0 amide bonds. The molecule has 0 fully saturated rings. The third-order valence-electron chi connectivity index (χ3n) is 5.25. The summed E-state index contributed by atoms with van der Waals surface area (Å²) in [5.74, 6) is 0.163. The maximum Gasteiger partial charge on any atom is 0.346 e. The first-order valence-electron chi connectivity index (χ1n) is 10.6. The van der Waals surface area contributed by atoms with Crippen molar-refractivity contribution in [2.24, 2.45) is 0 Å². The van der Waals surface area contributed by atoms with E-state index in [0.29, 0.717) is 49.2 Å². The Hall–Kier alpha value is -2.72. The van der Waals surface area contributed by atoms with E-state index in [9.17, 15) is 4.79 Å². The van der Waals surface area contributed by atoms with Crippen molar-refractivity contribution in [3.8, 4) is 0 Å². The number of unbranched alkanes of at least 4 members (excludes halogenated alkanes) is 1. The highest BCUT2D eigenvalue weighted by atomic mass is 19.1. The van der Waals surface area contributed by atoms with Crippen LogP contribution >= 0.6 is 0 Å². The van der Waals surface area contributed by atoms with E-state index < -0.39 is 11.4 Å². The maximum atomic E-state index is 15.0. The van der Waals surface area contributed by atoms with Gasteiger partial charge in [-0.2, -0.15) is 0 Å². The van der Waals surface area contributed by atoms with Crippen LogP contribution in [0.15, 0.2) is 64.3 Å². The summed E-state index contributed by atoms with van der Waals surface area (Å²) in [6, 6.07) is 13.7. The molecule has 0 unspecified atom stereocenters. The Morgan fingerprint density at radius 3 is 2.47 bits per heavy atom. The van der Waals surface area contributed by atoms with E-state index in [2.05, 4.69) is 37.8 Å². The average Bonchev–Trinajstić information content (AvgIpc) is 2.75. The second-order valence-electron chi connectivity index (χ2n) is 7.54. The molecule has 3 aromatic rings. The lowest BCUT2D eigenvalue weighted by molar-refractivity contribution is 0.166. The molecule has 1 heterocycles. The van der Waals surface area contributed by atoms with E-state index in [4.69, 9.17) is 9.15 Å². The molecule has 0 aliphatic carbocycles. The standard InChI is InChI=1S/C26H29FO3/c1-3-5-6-23-18-22-14-13-21(25(27)24(22)26(28)30-23)12-11-19-7-9-20(10-8-19)15-17-29-16-4-2/h4,7-10,13-14,18H,2-3,5-6,11-12,15-17H2,1H3. The Bertz CT molecular complexity index is 1030. The summed E-state index contributed by atoms with van der Waals surface area (Å²) < 4.78 is 25.8. The summed E-state index contributed by atoms with van der Waals surface area (Å²) in [4.78, 5) is 12.4. The fraction of sp³-hybridized carbons (Fsp3) is 0.346. The van der Waals surface area contributed by atoms with Gasteiger partial charge in [0, 0.05) is 6.42 Å². The Morgan fingerprint density at radius 1 is 1.03 bits per heavy atom. The second-order valence-corrected chi connectivity index (χ2v) is 7.54. The molecular formula is C26H29FO3. The highest BCUT2D eigenvalue weighted by Gasteiger charge is 2.13. The van der Waals surface area contributed by atoms with Gasteiger partial charge >= 0.3 is 5.63 Å². The van der Waals surface area contributed by atoms with Gasteiger partial charge < -0.3 is 9.15 Å². The summed E-state index contributed by atoms with van der Waals surface area (Å²) >= 11 is 0. The second kappa shape index (κ2) is 10.9. The number of rotatable bonds is 11. The minimum absolute atomic E-state index is 0.0580. The van der Waals surface area contributed by atoms with E-state index in [1.54, 1.807) is 18.2 Å². The molecule has 3 rings (SSSR count). The summed E-state index contributed by atoms with van der Waals surface area (Å²) in [6.07, 6.45) is 6.47. The fourth-order valence-electron chi connectivity index (χ4n) is 3.51. The van der Waals surface area contributed by atoms with Crippen molar-refractivity contribution in [1.82, 2.24) is 0 Å². The highest BCUT2D eigenvalue weighted by Crippen LogP contribution is 2.22. The lowest BCUT2D eigenvalue weighted by Crippen LogP contribution is -2.07. The van der Waals surface area contributed by atoms with E-state index >= 15 is 4.39 Å². The first-order valence-corrected chi connectivity index (χ1v) is 10.6. The zero-order chi connectivity index (χ0) is 21.3. The fourth-order valence-corrected chi connectivity index (χ4v) is 3.51. The van der Waals surface area contributed by atoms with E-state index in [1.807, 2.05) is 6.07 Å². The van der Waals surface area contributed by atoms with Gasteiger partial charge in [-0.1, -0.05) is 55.8 Å². The molecule has 0 atom stereocenters. The predicted molar refractivity (Wildman–Crippen MR) is 120 cm³/mol. The van der Waals surface area contributed by atoms with Gasteiger partial charge in [0.15, 0.2) is 0 Å². The predicted octanol–water partition coefficient (Wildman–Crippen LogP) is 5.81. The van der Waals surface area contributed by atoms with Crippen LogP contribution in [0.5, 0.6) is 0 Å². The van der Waals surface area contributed by atoms with Gasteiger partial charge in [-0.3, -0.25) is 0 Å². The lowest BCUT2D eigenvalue weighted by Gasteiger charge is -2.08. The SMILES string of the molecule is C=CCOCCc1ccc(CCc2ccc3cc(CCCC)oc(=O)c3c2F)cc1. The number of fused-ring (bicyclic) bond motifs is 1. The van der Waals surface area contributed by atoms with Crippen molar-refractivity contribution < 1.29 is 13.5 Å². The lowest BCUT2D eigenvalue weighted by atomic mass is 10.00. The molecule has 0 saturated heterocycles. The molecule has 0 bridgehead atoms. The van der Waals surface area contributed by atoms with Gasteiger partial charge in [-0.05, 0) is 53.8 Å². The van der Waals surface area contributed by atoms with Crippen molar-refractivity contribution in [3.05, 3.63) is 93.8 Å². The highest BCUT2D eigenvalue weighted by molar-refractivity contribution is 5.82. The van der Waals surface area contributed by atoms with Crippen LogP contribution in [0, 0.1) is 5.82 Å². The van der Waals surface area contributed by atoms with Gasteiger partial charge in [-0.15, -0.1) is 6.58 Å². The molecule has 0 saturated carbocycles. The summed E-state index contributed by atoms with van der Waals surface area (Å²) in [7, 11) is 0. The quantitative estimate of drug-likeness (QED) is 0.297. The molecule has 0 N–H and O–H groups in total. The van der Waals surface area contributed by atoms with Crippen molar-refractivity contribution >= 4 is 10.8 Å². The van der Waals surface area contributed by atoms with E-state index in [1.165, 1.54) is 5.56 Å². The van der Waals surface area contributed by atoms with Crippen LogP contribution < -0.4 is 5.63 Å². The zero-order valence-corrected chi connectivity index (χ0v) is 17.6. The van der Waals surface area contributed by atoms with Crippen molar-refractivity contribution in [2.45, 2.75) is 45.4 Å². The number of ether oxygens (including phenoxy) is 1. The van der Waals surface area contributed by atoms with E-state index in [-0.39, 0.29) is 5.39 Å². The smallest absolute Gasteiger partial charge is 0.346 e. The Morgan fingerprint density at radius 2 is 1.77 bits per heavy atom. The third kappa shape index (κ3) is 5.67. The Labute approximate surface area is 177 Å². The summed E-state index contributed by atoms with van der Waals surface area (Å²) in [5, 5.41) is 0.671. The molecule has 4 heteroatoms. The largest absolute Gasteiger partial charge is 0.427 e. The molecule has 158 valence electrons. The molecule has 0 radical (unpaired) electrons. The van der Waals surface area contributed by atoms with Gasteiger partial charge in [0.05, 0.1) is 13.2 Å². The molecule has 30 heavy (non-hydrogen) atoms. The number of benzene rings is 2. The van der Waals surface area contributed by atoms with Crippen LogP contribution in [-0.2, 0) is 30.4 Å². The minimum atomic E-state index is -0.582. The van der Waals surface area contributed by atoms with Crippen LogP contribution in [0.4, 0.5) is 4.39 Å². The minimum Gasteiger partial charge on any atom is -0.427 e. The van der Waals surface area contributed by atoms with Gasteiger partial charge in [0.25, 0.3) is 0 Å². The van der Waals surface area contributed by atoms with Crippen LogP contribution in [0.25, 0.3) is 10.8 Å². The van der Waals surface area contributed by atoms with Crippen LogP contribution in [0.1, 0.15) is 42.2 Å². The van der Waals surface area contributed by atoms with Gasteiger partial charge in [-0.25, -0.2) is 9.18 Å². The van der Waals surface area contributed by atoms with Gasteiger partial charge in [0.1, 0.15) is 17.0 Å². The number of halogens is 1. The molecule has 0 aliphatic heterocycles.